The average molecular weight is 219 g/mol. The lowest BCUT2D eigenvalue weighted by molar-refractivity contribution is -0.149. The van der Waals surface area contributed by atoms with E-state index in [0.717, 1.165) is 0 Å². The molecule has 4 heteroatoms. The Kier molecular flexibility index (Phi) is 3.51. The number of hydrogen-bond acceptors (Lipinski definition) is 4. The summed E-state index contributed by atoms with van der Waals surface area (Å²) >= 11 is 0. The van der Waals surface area contributed by atoms with Crippen LogP contribution in [0, 0.1) is 11.3 Å². The minimum atomic E-state index is -0.647. The van der Waals surface area contributed by atoms with Crippen molar-refractivity contribution in [2.75, 3.05) is 0 Å². The van der Waals surface area contributed by atoms with E-state index in [1.807, 2.05) is 0 Å². The SMILES string of the molecule is CC(C)(C)OC(=O)/C(C#N)=C/c1ccco1. The van der Waals surface area contributed by atoms with Crippen LogP contribution >= 0.6 is 0 Å². The molecule has 0 aliphatic carbocycles. The average Bonchev–Trinajstić information content (AvgIpc) is 2.63. The fraction of sp³-hybridized carbons (Fsp3) is 0.333. The van der Waals surface area contributed by atoms with E-state index in [4.69, 9.17) is 14.4 Å². The van der Waals surface area contributed by atoms with Crippen molar-refractivity contribution in [3.05, 3.63) is 29.7 Å². The van der Waals surface area contributed by atoms with E-state index >= 15 is 0 Å². The molecule has 0 unspecified atom stereocenters. The number of carbonyl (C=O) groups excluding carboxylic acids is 1. The van der Waals surface area contributed by atoms with E-state index in [1.165, 1.54) is 12.3 Å². The molecule has 0 saturated heterocycles. The van der Waals surface area contributed by atoms with Crippen LogP contribution in [0.1, 0.15) is 26.5 Å². The van der Waals surface area contributed by atoms with Gasteiger partial charge in [0.2, 0.25) is 0 Å². The van der Waals surface area contributed by atoms with Gasteiger partial charge in [-0.1, -0.05) is 0 Å². The third kappa shape index (κ3) is 3.62. The molecule has 1 aromatic heterocycles. The van der Waals surface area contributed by atoms with Crippen LogP contribution < -0.4 is 0 Å². The van der Waals surface area contributed by atoms with Crippen LogP contribution in [-0.4, -0.2) is 11.6 Å². The van der Waals surface area contributed by atoms with Crippen LogP contribution in [0.4, 0.5) is 0 Å². The Balaban J connectivity index is 2.85. The van der Waals surface area contributed by atoms with E-state index in [1.54, 1.807) is 39.0 Å². The Hall–Kier alpha value is -2.02. The van der Waals surface area contributed by atoms with Gasteiger partial charge in [-0.25, -0.2) is 4.79 Å². The third-order valence-corrected chi connectivity index (χ3v) is 1.57. The van der Waals surface area contributed by atoms with Gasteiger partial charge in [-0.3, -0.25) is 0 Å². The van der Waals surface area contributed by atoms with Crippen LogP contribution in [0.2, 0.25) is 0 Å². The van der Waals surface area contributed by atoms with Crippen molar-refractivity contribution in [2.45, 2.75) is 26.4 Å². The third-order valence-electron chi connectivity index (χ3n) is 1.57. The topological polar surface area (TPSA) is 63.2 Å². The van der Waals surface area contributed by atoms with Crippen molar-refractivity contribution >= 4 is 12.0 Å². The summed E-state index contributed by atoms with van der Waals surface area (Å²) in [6.45, 7) is 5.23. The van der Waals surface area contributed by atoms with Gasteiger partial charge in [0.25, 0.3) is 0 Å². The van der Waals surface area contributed by atoms with Gasteiger partial charge in [-0.15, -0.1) is 0 Å². The number of ether oxygens (including phenoxy) is 1. The largest absolute Gasteiger partial charge is 0.465 e. The highest BCUT2D eigenvalue weighted by Gasteiger charge is 2.19. The summed E-state index contributed by atoms with van der Waals surface area (Å²) < 4.78 is 10.1. The van der Waals surface area contributed by atoms with Crippen LogP contribution in [0.5, 0.6) is 0 Å². The summed E-state index contributed by atoms with van der Waals surface area (Å²) in [6, 6.07) is 5.12. The van der Waals surface area contributed by atoms with Crippen LogP contribution in [0.25, 0.3) is 6.08 Å². The molecule has 0 saturated carbocycles. The number of nitriles is 1. The summed E-state index contributed by atoms with van der Waals surface area (Å²) in [5, 5.41) is 8.83. The Morgan fingerprint density at radius 3 is 2.69 bits per heavy atom. The quantitative estimate of drug-likeness (QED) is 0.435. The zero-order valence-corrected chi connectivity index (χ0v) is 9.48. The number of hydrogen-bond donors (Lipinski definition) is 0. The summed E-state index contributed by atoms with van der Waals surface area (Å²) in [5.41, 5.74) is -0.694. The summed E-state index contributed by atoms with van der Waals surface area (Å²) in [7, 11) is 0. The molecule has 0 N–H and O–H groups in total. The molecule has 0 spiro atoms. The molecule has 0 radical (unpaired) electrons. The first-order valence-corrected chi connectivity index (χ1v) is 4.81. The highest BCUT2D eigenvalue weighted by atomic mass is 16.6. The highest BCUT2D eigenvalue weighted by Crippen LogP contribution is 2.13. The molecular weight excluding hydrogens is 206 g/mol. The van der Waals surface area contributed by atoms with Crippen LogP contribution in [0.3, 0.4) is 0 Å². The molecule has 0 aromatic carbocycles. The smallest absolute Gasteiger partial charge is 0.349 e. The Bertz CT molecular complexity index is 430. The van der Waals surface area contributed by atoms with Crippen molar-refractivity contribution in [2.24, 2.45) is 0 Å². The molecular formula is C12H13NO3. The van der Waals surface area contributed by atoms with Gasteiger partial charge in [0, 0.05) is 6.08 Å². The summed E-state index contributed by atoms with van der Waals surface area (Å²) in [6.07, 6.45) is 2.82. The second-order valence-electron chi connectivity index (χ2n) is 4.19. The van der Waals surface area contributed by atoms with Gasteiger partial charge in [0.05, 0.1) is 6.26 Å². The number of nitrogens with zero attached hydrogens (tertiary/aromatic N) is 1. The lowest BCUT2D eigenvalue weighted by atomic mass is 10.2. The molecule has 1 aromatic rings. The molecule has 1 rings (SSSR count). The van der Waals surface area contributed by atoms with Crippen molar-refractivity contribution in [3.8, 4) is 6.07 Å². The van der Waals surface area contributed by atoms with Crippen LogP contribution in [-0.2, 0) is 9.53 Å². The lowest BCUT2D eigenvalue weighted by Crippen LogP contribution is -2.24. The van der Waals surface area contributed by atoms with Gasteiger partial charge >= 0.3 is 5.97 Å². The molecule has 1 heterocycles. The fourth-order valence-corrected chi connectivity index (χ4v) is 0.986. The normalized spacial score (nSPS) is 12.0. The maximum Gasteiger partial charge on any atom is 0.349 e. The number of rotatable bonds is 2. The van der Waals surface area contributed by atoms with Gasteiger partial charge < -0.3 is 9.15 Å². The van der Waals surface area contributed by atoms with E-state index in [9.17, 15) is 4.79 Å². The first kappa shape index (κ1) is 12.1. The Labute approximate surface area is 94.1 Å². The number of esters is 1. The lowest BCUT2D eigenvalue weighted by Gasteiger charge is -2.18. The first-order valence-electron chi connectivity index (χ1n) is 4.81. The molecule has 0 fully saturated rings. The van der Waals surface area contributed by atoms with Gasteiger partial charge in [0.15, 0.2) is 0 Å². The minimum Gasteiger partial charge on any atom is -0.465 e. The first-order chi connectivity index (χ1) is 7.42. The molecule has 0 aliphatic rings. The minimum absolute atomic E-state index is 0.0788. The number of carbonyl (C=O) groups is 1. The van der Waals surface area contributed by atoms with E-state index in [2.05, 4.69) is 0 Å². The monoisotopic (exact) mass is 219 g/mol. The second-order valence-corrected chi connectivity index (χ2v) is 4.19. The zero-order valence-electron chi connectivity index (χ0n) is 9.48. The van der Waals surface area contributed by atoms with Crippen molar-refractivity contribution < 1.29 is 13.9 Å². The standard InChI is InChI=1S/C12H13NO3/c1-12(2,3)16-11(14)9(8-13)7-10-5-4-6-15-10/h4-7H,1-3H3/b9-7+. The predicted molar refractivity (Wildman–Crippen MR) is 58.1 cm³/mol. The molecule has 0 atom stereocenters. The molecule has 84 valence electrons. The van der Waals surface area contributed by atoms with E-state index < -0.39 is 11.6 Å². The van der Waals surface area contributed by atoms with Crippen LogP contribution in [0.15, 0.2) is 28.4 Å². The van der Waals surface area contributed by atoms with Crippen molar-refractivity contribution in [1.82, 2.24) is 0 Å². The van der Waals surface area contributed by atoms with Gasteiger partial charge in [-0.05, 0) is 32.9 Å². The Morgan fingerprint density at radius 2 is 2.25 bits per heavy atom. The van der Waals surface area contributed by atoms with E-state index in [0.29, 0.717) is 5.76 Å². The zero-order chi connectivity index (χ0) is 12.2. The maximum atomic E-state index is 11.6. The molecule has 0 aliphatic heterocycles. The molecule has 16 heavy (non-hydrogen) atoms. The fourth-order valence-electron chi connectivity index (χ4n) is 0.986. The van der Waals surface area contributed by atoms with Gasteiger partial charge in [-0.2, -0.15) is 5.26 Å². The highest BCUT2D eigenvalue weighted by molar-refractivity contribution is 5.97. The predicted octanol–water partition coefficient (Wildman–Crippen LogP) is 2.53. The summed E-state index contributed by atoms with van der Waals surface area (Å²) in [5.74, 6) is -0.200. The Morgan fingerprint density at radius 1 is 1.56 bits per heavy atom. The second kappa shape index (κ2) is 4.67. The molecule has 0 amide bonds. The molecule has 0 bridgehead atoms. The van der Waals surface area contributed by atoms with E-state index in [-0.39, 0.29) is 5.57 Å². The molecule has 4 nitrogen and oxygen atoms in total. The number of furan rings is 1. The maximum absolute atomic E-state index is 11.6. The van der Waals surface area contributed by atoms with Crippen molar-refractivity contribution in [3.63, 3.8) is 0 Å². The van der Waals surface area contributed by atoms with Gasteiger partial charge in [0.1, 0.15) is 23.0 Å². The van der Waals surface area contributed by atoms with Crippen molar-refractivity contribution in [1.29, 1.82) is 5.26 Å². The summed E-state index contributed by atoms with van der Waals surface area (Å²) in [4.78, 5) is 11.6.